The zero-order valence-electron chi connectivity index (χ0n) is 12.0. The fraction of sp³-hybridized carbons (Fsp3) is 0.467. The van der Waals surface area contributed by atoms with Crippen molar-refractivity contribution in [3.63, 3.8) is 0 Å². The van der Waals surface area contributed by atoms with Gasteiger partial charge in [0.15, 0.2) is 0 Å². The normalized spacial score (nSPS) is 20.8. The summed E-state index contributed by atoms with van der Waals surface area (Å²) < 4.78 is 13.0. The van der Waals surface area contributed by atoms with Gasteiger partial charge in [-0.3, -0.25) is 14.5 Å². The number of rotatable bonds is 4. The van der Waals surface area contributed by atoms with Crippen LogP contribution in [0.4, 0.5) is 4.39 Å². The Hall–Kier alpha value is -1.95. The largest absolute Gasteiger partial charge is 0.368 e. The van der Waals surface area contributed by atoms with Gasteiger partial charge in [0.2, 0.25) is 11.8 Å². The third-order valence-corrected chi connectivity index (χ3v) is 3.68. The zero-order valence-corrected chi connectivity index (χ0v) is 12.0. The summed E-state index contributed by atoms with van der Waals surface area (Å²) >= 11 is 0. The average Bonchev–Trinajstić information content (AvgIpc) is 2.40. The maximum atomic E-state index is 13.0. The average molecular weight is 293 g/mol. The van der Waals surface area contributed by atoms with Crippen molar-refractivity contribution in [1.29, 1.82) is 0 Å². The Kier molecular flexibility index (Phi) is 4.90. The van der Waals surface area contributed by atoms with Crippen LogP contribution in [-0.2, 0) is 9.59 Å². The maximum absolute atomic E-state index is 13.0. The number of nitrogens with one attached hydrogen (secondary N) is 1. The van der Waals surface area contributed by atoms with Gasteiger partial charge in [-0.1, -0.05) is 12.1 Å². The van der Waals surface area contributed by atoms with Crippen molar-refractivity contribution < 1.29 is 14.0 Å². The van der Waals surface area contributed by atoms with E-state index in [1.165, 1.54) is 19.1 Å². The van der Waals surface area contributed by atoms with E-state index in [0.717, 1.165) is 19.4 Å². The Morgan fingerprint density at radius 1 is 1.38 bits per heavy atom. The molecule has 1 aliphatic heterocycles. The number of nitrogens with zero attached hydrogens (tertiary/aromatic N) is 1. The van der Waals surface area contributed by atoms with Gasteiger partial charge in [0.1, 0.15) is 11.9 Å². The summed E-state index contributed by atoms with van der Waals surface area (Å²) in [7, 11) is 0. The molecule has 0 aromatic heterocycles. The van der Waals surface area contributed by atoms with Crippen LogP contribution in [0, 0.1) is 5.82 Å². The van der Waals surface area contributed by atoms with Gasteiger partial charge in [0.05, 0.1) is 0 Å². The summed E-state index contributed by atoms with van der Waals surface area (Å²) in [4.78, 5) is 24.9. The number of likely N-dealkylation sites (tertiary alicyclic amines) is 1. The van der Waals surface area contributed by atoms with Gasteiger partial charge in [-0.25, -0.2) is 4.39 Å². The van der Waals surface area contributed by atoms with Crippen molar-refractivity contribution in [2.24, 2.45) is 5.73 Å². The van der Waals surface area contributed by atoms with Gasteiger partial charge < -0.3 is 11.1 Å². The van der Waals surface area contributed by atoms with Crippen LogP contribution in [0.1, 0.15) is 31.4 Å². The molecule has 2 atom stereocenters. The van der Waals surface area contributed by atoms with Crippen molar-refractivity contribution in [3.05, 3.63) is 35.6 Å². The number of benzene rings is 1. The molecular weight excluding hydrogens is 273 g/mol. The molecule has 1 fully saturated rings. The Morgan fingerprint density at radius 2 is 2.05 bits per heavy atom. The predicted molar refractivity (Wildman–Crippen MR) is 76.7 cm³/mol. The molecule has 2 rings (SSSR count). The van der Waals surface area contributed by atoms with Gasteiger partial charge in [0, 0.05) is 19.5 Å². The fourth-order valence-corrected chi connectivity index (χ4v) is 2.85. The first-order chi connectivity index (χ1) is 9.97. The Labute approximate surface area is 123 Å². The maximum Gasteiger partial charge on any atom is 0.239 e. The van der Waals surface area contributed by atoms with Crippen molar-refractivity contribution >= 4 is 11.8 Å². The molecule has 0 aliphatic carbocycles. The number of nitrogens with two attached hydrogens (primary N) is 1. The van der Waals surface area contributed by atoms with Crippen LogP contribution in [0.2, 0.25) is 0 Å². The third-order valence-electron chi connectivity index (χ3n) is 3.68. The number of amides is 2. The molecule has 1 heterocycles. The van der Waals surface area contributed by atoms with Crippen molar-refractivity contribution in [2.45, 2.75) is 31.8 Å². The first kappa shape index (κ1) is 15.4. The van der Waals surface area contributed by atoms with Gasteiger partial charge >= 0.3 is 0 Å². The SMILES string of the molecule is CC(=O)N[C@@H]1CCCN([C@H](C(N)=O)c2ccc(F)cc2)C1. The molecule has 0 spiro atoms. The van der Waals surface area contributed by atoms with Gasteiger partial charge in [-0.15, -0.1) is 0 Å². The fourth-order valence-electron chi connectivity index (χ4n) is 2.85. The van der Waals surface area contributed by atoms with Crippen LogP contribution >= 0.6 is 0 Å². The molecule has 3 N–H and O–H groups in total. The zero-order chi connectivity index (χ0) is 15.4. The highest BCUT2D eigenvalue weighted by Crippen LogP contribution is 2.24. The number of carbonyl (C=O) groups is 2. The first-order valence-corrected chi connectivity index (χ1v) is 7.03. The number of hydrogen-bond acceptors (Lipinski definition) is 3. The number of halogens is 1. The molecule has 0 radical (unpaired) electrons. The Morgan fingerprint density at radius 3 is 2.62 bits per heavy atom. The molecular formula is C15H20FN3O2. The molecule has 0 unspecified atom stereocenters. The van der Waals surface area contributed by atoms with Crippen LogP contribution in [0.25, 0.3) is 0 Å². The predicted octanol–water partition coefficient (Wildman–Crippen LogP) is 0.953. The van der Waals surface area contributed by atoms with Gasteiger partial charge in [-0.05, 0) is 37.1 Å². The highest BCUT2D eigenvalue weighted by atomic mass is 19.1. The van der Waals surface area contributed by atoms with Crippen LogP contribution in [0.15, 0.2) is 24.3 Å². The summed E-state index contributed by atoms with van der Waals surface area (Å²) in [5.74, 6) is -0.902. The van der Waals surface area contributed by atoms with E-state index < -0.39 is 11.9 Å². The summed E-state index contributed by atoms with van der Waals surface area (Å²) in [6, 6.07) is 5.21. The summed E-state index contributed by atoms with van der Waals surface area (Å²) in [5, 5.41) is 2.87. The molecule has 2 amide bonds. The molecule has 0 saturated carbocycles. The third kappa shape index (κ3) is 4.01. The molecule has 0 bridgehead atoms. The summed E-state index contributed by atoms with van der Waals surface area (Å²) in [6.45, 7) is 2.76. The van der Waals surface area contributed by atoms with Crippen LogP contribution in [0.3, 0.4) is 0 Å². The molecule has 1 saturated heterocycles. The molecule has 1 aliphatic rings. The molecule has 21 heavy (non-hydrogen) atoms. The van der Waals surface area contributed by atoms with Crippen molar-refractivity contribution in [3.8, 4) is 0 Å². The number of carbonyl (C=O) groups excluding carboxylic acids is 2. The van der Waals surface area contributed by atoms with E-state index in [-0.39, 0.29) is 17.8 Å². The highest BCUT2D eigenvalue weighted by Gasteiger charge is 2.30. The number of piperidine rings is 1. The summed E-state index contributed by atoms with van der Waals surface area (Å²) in [6.07, 6.45) is 1.75. The second kappa shape index (κ2) is 6.67. The van der Waals surface area contributed by atoms with Gasteiger partial charge in [0.25, 0.3) is 0 Å². The number of primary amides is 1. The lowest BCUT2D eigenvalue weighted by molar-refractivity contribution is -0.124. The standard InChI is InChI=1S/C15H20FN3O2/c1-10(20)18-13-3-2-8-19(9-13)14(15(17)21)11-4-6-12(16)7-5-11/h4-7,13-14H,2-3,8-9H2,1H3,(H2,17,21)(H,18,20)/t13-,14+/m1/s1. The number of hydrogen-bond donors (Lipinski definition) is 2. The van der Waals surface area contributed by atoms with E-state index in [4.69, 9.17) is 5.73 Å². The molecule has 6 heteroatoms. The highest BCUT2D eigenvalue weighted by molar-refractivity contribution is 5.81. The van der Waals surface area contributed by atoms with E-state index in [0.29, 0.717) is 12.1 Å². The Balaban J connectivity index is 2.16. The monoisotopic (exact) mass is 293 g/mol. The second-order valence-electron chi connectivity index (χ2n) is 5.39. The van der Waals surface area contributed by atoms with Crippen LogP contribution in [0.5, 0.6) is 0 Å². The van der Waals surface area contributed by atoms with E-state index in [2.05, 4.69) is 5.32 Å². The van der Waals surface area contributed by atoms with Gasteiger partial charge in [-0.2, -0.15) is 0 Å². The lowest BCUT2D eigenvalue weighted by Crippen LogP contribution is -2.50. The lowest BCUT2D eigenvalue weighted by Gasteiger charge is -2.37. The molecule has 1 aromatic rings. The Bertz CT molecular complexity index is 518. The summed E-state index contributed by atoms with van der Waals surface area (Å²) in [5.41, 5.74) is 6.20. The smallest absolute Gasteiger partial charge is 0.239 e. The molecule has 1 aromatic carbocycles. The van der Waals surface area contributed by atoms with E-state index in [9.17, 15) is 14.0 Å². The van der Waals surface area contributed by atoms with Crippen LogP contribution < -0.4 is 11.1 Å². The van der Waals surface area contributed by atoms with Crippen molar-refractivity contribution in [2.75, 3.05) is 13.1 Å². The molecule has 114 valence electrons. The second-order valence-corrected chi connectivity index (χ2v) is 5.39. The van der Waals surface area contributed by atoms with E-state index in [1.54, 1.807) is 12.1 Å². The van der Waals surface area contributed by atoms with Crippen molar-refractivity contribution in [1.82, 2.24) is 10.2 Å². The van der Waals surface area contributed by atoms with E-state index in [1.807, 2.05) is 4.90 Å². The quantitative estimate of drug-likeness (QED) is 0.868. The molecule has 5 nitrogen and oxygen atoms in total. The minimum atomic E-state index is -0.595. The topological polar surface area (TPSA) is 75.4 Å². The minimum absolute atomic E-state index is 0.0125. The minimum Gasteiger partial charge on any atom is -0.368 e. The van der Waals surface area contributed by atoms with Crippen LogP contribution in [-0.4, -0.2) is 35.8 Å². The lowest BCUT2D eigenvalue weighted by atomic mass is 9.99. The first-order valence-electron chi connectivity index (χ1n) is 7.03. The van der Waals surface area contributed by atoms with E-state index >= 15 is 0 Å².